The van der Waals surface area contributed by atoms with Crippen LogP contribution in [-0.4, -0.2) is 29.5 Å². The van der Waals surface area contributed by atoms with E-state index in [1.165, 1.54) is 0 Å². The largest absolute Gasteiger partial charge is 0.310 e. The second-order valence-electron chi connectivity index (χ2n) is 5.50. The van der Waals surface area contributed by atoms with Gasteiger partial charge in [-0.2, -0.15) is 0 Å². The molecular weight excluding hydrogens is 250 g/mol. The number of carbonyl (C=O) groups excluding carboxylic acids is 1. The maximum absolute atomic E-state index is 12.5. The monoisotopic (exact) mass is 269 g/mol. The summed E-state index contributed by atoms with van der Waals surface area (Å²) in [7, 11) is 0. The van der Waals surface area contributed by atoms with Gasteiger partial charge in [-0.25, -0.2) is 0 Å². The van der Waals surface area contributed by atoms with E-state index >= 15 is 0 Å². The molecule has 1 amide bonds. The lowest BCUT2D eigenvalue weighted by Gasteiger charge is -2.20. The van der Waals surface area contributed by atoms with Crippen molar-refractivity contribution in [3.05, 3.63) is 36.5 Å². The number of pyridine rings is 1. The van der Waals surface area contributed by atoms with Crippen LogP contribution in [0, 0.1) is 0 Å². The Balaban J connectivity index is 1.94. The third-order valence-corrected chi connectivity index (χ3v) is 3.65. The summed E-state index contributed by atoms with van der Waals surface area (Å²) in [6, 6.07) is 10.1. The molecule has 1 unspecified atom stereocenters. The summed E-state index contributed by atoms with van der Waals surface area (Å²) in [5, 5.41) is 4.37. The smallest absolute Gasteiger partial charge is 0.244 e. The van der Waals surface area contributed by atoms with Crippen LogP contribution in [0.25, 0.3) is 10.9 Å². The number of hydrogen-bond acceptors (Lipinski definition) is 3. The lowest BCUT2D eigenvalue weighted by atomic mass is 10.1. The molecule has 2 aromatic rings. The van der Waals surface area contributed by atoms with E-state index in [4.69, 9.17) is 0 Å². The summed E-state index contributed by atoms with van der Waals surface area (Å²) in [5.74, 6) is 0.162. The number of carbonyl (C=O) groups is 1. The fourth-order valence-corrected chi connectivity index (χ4v) is 2.80. The molecule has 1 aromatic heterocycles. The highest BCUT2D eigenvalue weighted by atomic mass is 16.2. The van der Waals surface area contributed by atoms with Crippen molar-refractivity contribution >= 4 is 22.5 Å². The molecule has 1 aromatic carbocycles. The zero-order valence-corrected chi connectivity index (χ0v) is 11.8. The number of hydrogen-bond donors (Lipinski definition) is 1. The van der Waals surface area contributed by atoms with Gasteiger partial charge in [0.25, 0.3) is 0 Å². The normalized spacial score (nSPS) is 19.2. The van der Waals surface area contributed by atoms with E-state index in [0.717, 1.165) is 29.6 Å². The molecule has 4 nitrogen and oxygen atoms in total. The Morgan fingerprint density at radius 2 is 2.15 bits per heavy atom. The minimum atomic E-state index is -0.0677. The van der Waals surface area contributed by atoms with Gasteiger partial charge in [0.1, 0.15) is 0 Å². The lowest BCUT2D eigenvalue weighted by molar-refractivity contribution is -0.118. The van der Waals surface area contributed by atoms with Crippen molar-refractivity contribution in [2.75, 3.05) is 11.4 Å². The van der Waals surface area contributed by atoms with E-state index in [1.54, 1.807) is 6.20 Å². The lowest BCUT2D eigenvalue weighted by Crippen LogP contribution is -2.41. The Morgan fingerprint density at radius 1 is 1.30 bits per heavy atom. The molecule has 1 N–H and O–H groups in total. The zero-order valence-electron chi connectivity index (χ0n) is 11.8. The molecule has 1 aliphatic rings. The van der Waals surface area contributed by atoms with E-state index in [0.29, 0.717) is 6.04 Å². The first-order chi connectivity index (χ1) is 9.66. The third kappa shape index (κ3) is 2.27. The van der Waals surface area contributed by atoms with E-state index in [1.807, 2.05) is 35.2 Å². The minimum Gasteiger partial charge on any atom is -0.310 e. The van der Waals surface area contributed by atoms with Crippen LogP contribution in [0.3, 0.4) is 0 Å². The summed E-state index contributed by atoms with van der Waals surface area (Å²) in [6.07, 6.45) is 2.63. The van der Waals surface area contributed by atoms with E-state index in [9.17, 15) is 4.79 Å². The SMILES string of the molecule is CC(C)NC1CCN(c2cccc3ncccc23)C1=O. The van der Waals surface area contributed by atoms with Crippen LogP contribution in [0.1, 0.15) is 20.3 Å². The molecule has 0 aliphatic carbocycles. The van der Waals surface area contributed by atoms with Gasteiger partial charge in [0, 0.05) is 24.2 Å². The van der Waals surface area contributed by atoms with Crippen molar-refractivity contribution in [2.45, 2.75) is 32.4 Å². The molecule has 2 heterocycles. The first-order valence-electron chi connectivity index (χ1n) is 7.08. The minimum absolute atomic E-state index is 0.0677. The Hall–Kier alpha value is -1.94. The number of aromatic nitrogens is 1. The van der Waals surface area contributed by atoms with E-state index in [2.05, 4.69) is 24.1 Å². The molecule has 3 rings (SSSR count). The number of benzene rings is 1. The highest BCUT2D eigenvalue weighted by Gasteiger charge is 2.33. The number of anilines is 1. The van der Waals surface area contributed by atoms with Crippen molar-refractivity contribution < 1.29 is 4.79 Å². The van der Waals surface area contributed by atoms with Gasteiger partial charge in [-0.15, -0.1) is 0 Å². The Kier molecular flexibility index (Phi) is 3.40. The molecule has 1 fully saturated rings. The van der Waals surface area contributed by atoms with Crippen LogP contribution < -0.4 is 10.2 Å². The van der Waals surface area contributed by atoms with Gasteiger partial charge >= 0.3 is 0 Å². The predicted molar refractivity (Wildman–Crippen MR) is 80.8 cm³/mol. The summed E-state index contributed by atoms with van der Waals surface area (Å²) in [4.78, 5) is 18.8. The second-order valence-corrected chi connectivity index (χ2v) is 5.50. The van der Waals surface area contributed by atoms with Crippen LogP contribution in [-0.2, 0) is 4.79 Å². The summed E-state index contributed by atoms with van der Waals surface area (Å²) in [5.41, 5.74) is 1.90. The predicted octanol–water partition coefficient (Wildman–Crippen LogP) is 2.34. The second kappa shape index (κ2) is 5.21. The molecular formula is C16H19N3O. The van der Waals surface area contributed by atoms with Gasteiger partial charge in [0.05, 0.1) is 17.2 Å². The maximum Gasteiger partial charge on any atom is 0.244 e. The number of fused-ring (bicyclic) bond motifs is 1. The Morgan fingerprint density at radius 3 is 2.95 bits per heavy atom. The summed E-state index contributed by atoms with van der Waals surface area (Å²) >= 11 is 0. The molecule has 0 saturated carbocycles. The van der Waals surface area contributed by atoms with Crippen molar-refractivity contribution in [1.29, 1.82) is 0 Å². The van der Waals surface area contributed by atoms with Crippen LogP contribution in [0.2, 0.25) is 0 Å². The molecule has 0 spiro atoms. The molecule has 1 saturated heterocycles. The molecule has 0 bridgehead atoms. The van der Waals surface area contributed by atoms with E-state index in [-0.39, 0.29) is 11.9 Å². The number of nitrogens with zero attached hydrogens (tertiary/aromatic N) is 2. The first kappa shape index (κ1) is 13.1. The highest BCUT2D eigenvalue weighted by Crippen LogP contribution is 2.29. The van der Waals surface area contributed by atoms with Gasteiger partial charge in [-0.05, 0) is 30.7 Å². The zero-order chi connectivity index (χ0) is 14.1. The fourth-order valence-electron chi connectivity index (χ4n) is 2.80. The number of amides is 1. The average molecular weight is 269 g/mol. The maximum atomic E-state index is 12.5. The highest BCUT2D eigenvalue weighted by molar-refractivity contribution is 6.06. The molecule has 104 valence electrons. The standard InChI is InChI=1S/C16H19N3O/c1-11(2)18-14-8-10-19(16(14)20)15-7-3-6-13-12(15)5-4-9-17-13/h3-7,9,11,14,18H,8,10H2,1-2H3. The first-order valence-corrected chi connectivity index (χ1v) is 7.08. The summed E-state index contributed by atoms with van der Waals surface area (Å²) in [6.45, 7) is 4.90. The van der Waals surface area contributed by atoms with Crippen LogP contribution in [0.4, 0.5) is 5.69 Å². The molecule has 4 heteroatoms. The topological polar surface area (TPSA) is 45.2 Å². The van der Waals surface area contributed by atoms with E-state index < -0.39 is 0 Å². The number of rotatable bonds is 3. The Bertz CT molecular complexity index is 633. The fraction of sp³-hybridized carbons (Fsp3) is 0.375. The van der Waals surface area contributed by atoms with Gasteiger partial charge in [-0.3, -0.25) is 9.78 Å². The third-order valence-electron chi connectivity index (χ3n) is 3.65. The van der Waals surface area contributed by atoms with Crippen molar-refractivity contribution in [1.82, 2.24) is 10.3 Å². The molecule has 20 heavy (non-hydrogen) atoms. The Labute approximate surface area is 118 Å². The number of nitrogens with one attached hydrogen (secondary N) is 1. The van der Waals surface area contributed by atoms with Crippen molar-refractivity contribution in [3.8, 4) is 0 Å². The molecule has 0 radical (unpaired) electrons. The van der Waals surface area contributed by atoms with Gasteiger partial charge in [-0.1, -0.05) is 19.9 Å². The van der Waals surface area contributed by atoms with Crippen LogP contribution in [0.15, 0.2) is 36.5 Å². The molecule has 1 atom stereocenters. The van der Waals surface area contributed by atoms with Crippen LogP contribution in [0.5, 0.6) is 0 Å². The van der Waals surface area contributed by atoms with Crippen molar-refractivity contribution in [2.24, 2.45) is 0 Å². The van der Waals surface area contributed by atoms with Crippen LogP contribution >= 0.6 is 0 Å². The van der Waals surface area contributed by atoms with Gasteiger partial charge < -0.3 is 10.2 Å². The quantitative estimate of drug-likeness (QED) is 0.930. The summed E-state index contributed by atoms with van der Waals surface area (Å²) < 4.78 is 0. The van der Waals surface area contributed by atoms with Crippen molar-refractivity contribution in [3.63, 3.8) is 0 Å². The van der Waals surface area contributed by atoms with Gasteiger partial charge in [0.15, 0.2) is 0 Å². The molecule has 1 aliphatic heterocycles. The average Bonchev–Trinajstić information content (AvgIpc) is 2.79. The van der Waals surface area contributed by atoms with Gasteiger partial charge in [0.2, 0.25) is 5.91 Å².